The largest absolute Gasteiger partial charge is 0.356 e. The van der Waals surface area contributed by atoms with Gasteiger partial charge in [-0.3, -0.25) is 4.79 Å². The standard InChI is InChI=1S/C10H19NO3/c1-4-9(12)11-8-6-5-7-10(13-2)14-3/h4,10H,1,5-8H2,2-3H3,(H,11,12). The van der Waals surface area contributed by atoms with E-state index in [0.717, 1.165) is 19.3 Å². The van der Waals surface area contributed by atoms with E-state index >= 15 is 0 Å². The first-order chi connectivity index (χ1) is 6.74. The molecule has 0 saturated heterocycles. The van der Waals surface area contributed by atoms with Crippen molar-refractivity contribution in [2.24, 2.45) is 0 Å². The molecule has 0 spiro atoms. The number of amides is 1. The summed E-state index contributed by atoms with van der Waals surface area (Å²) >= 11 is 0. The number of unbranched alkanes of at least 4 members (excludes halogenated alkanes) is 1. The molecule has 0 aliphatic carbocycles. The van der Waals surface area contributed by atoms with Gasteiger partial charge in [-0.1, -0.05) is 6.58 Å². The number of carbonyl (C=O) groups excluding carboxylic acids is 1. The van der Waals surface area contributed by atoms with Gasteiger partial charge < -0.3 is 14.8 Å². The Morgan fingerprint density at radius 2 is 2.07 bits per heavy atom. The second kappa shape index (κ2) is 8.72. The molecule has 4 nitrogen and oxygen atoms in total. The Balaban J connectivity index is 3.28. The van der Waals surface area contributed by atoms with Gasteiger partial charge in [-0.25, -0.2) is 0 Å². The van der Waals surface area contributed by atoms with E-state index in [9.17, 15) is 4.79 Å². The lowest BCUT2D eigenvalue weighted by Gasteiger charge is -2.12. The maximum atomic E-state index is 10.7. The van der Waals surface area contributed by atoms with E-state index in [1.807, 2.05) is 0 Å². The minimum Gasteiger partial charge on any atom is -0.356 e. The molecule has 0 unspecified atom stereocenters. The zero-order valence-corrected chi connectivity index (χ0v) is 8.91. The number of nitrogens with one attached hydrogen (secondary N) is 1. The summed E-state index contributed by atoms with van der Waals surface area (Å²) in [5.74, 6) is -0.125. The maximum Gasteiger partial charge on any atom is 0.243 e. The van der Waals surface area contributed by atoms with Crippen molar-refractivity contribution < 1.29 is 14.3 Å². The minimum absolute atomic E-state index is 0.125. The molecular formula is C10H19NO3. The molecule has 0 atom stereocenters. The van der Waals surface area contributed by atoms with E-state index in [0.29, 0.717) is 6.54 Å². The summed E-state index contributed by atoms with van der Waals surface area (Å²) < 4.78 is 10.0. The smallest absolute Gasteiger partial charge is 0.243 e. The van der Waals surface area contributed by atoms with Gasteiger partial charge in [0.2, 0.25) is 5.91 Å². The van der Waals surface area contributed by atoms with Gasteiger partial charge in [0.15, 0.2) is 6.29 Å². The lowest BCUT2D eigenvalue weighted by atomic mass is 10.2. The minimum atomic E-state index is -0.134. The molecule has 0 aromatic carbocycles. The number of ether oxygens (including phenoxy) is 2. The van der Waals surface area contributed by atoms with E-state index in [-0.39, 0.29) is 12.2 Å². The van der Waals surface area contributed by atoms with Crippen molar-refractivity contribution in [3.8, 4) is 0 Å². The monoisotopic (exact) mass is 201 g/mol. The quantitative estimate of drug-likeness (QED) is 0.363. The third kappa shape index (κ3) is 6.62. The molecule has 0 radical (unpaired) electrons. The third-order valence-corrected chi connectivity index (χ3v) is 1.88. The maximum absolute atomic E-state index is 10.7. The Morgan fingerprint density at radius 3 is 2.57 bits per heavy atom. The van der Waals surface area contributed by atoms with Crippen LogP contribution in [-0.4, -0.2) is 33.0 Å². The Labute approximate surface area is 85.3 Å². The molecule has 0 aromatic heterocycles. The van der Waals surface area contributed by atoms with Crippen LogP contribution in [0.25, 0.3) is 0 Å². The molecule has 82 valence electrons. The molecule has 14 heavy (non-hydrogen) atoms. The molecule has 0 fully saturated rings. The first kappa shape index (κ1) is 13.1. The van der Waals surface area contributed by atoms with Crippen LogP contribution in [0.4, 0.5) is 0 Å². The fourth-order valence-electron chi connectivity index (χ4n) is 1.05. The van der Waals surface area contributed by atoms with Crippen LogP contribution in [0.5, 0.6) is 0 Å². The lowest BCUT2D eigenvalue weighted by molar-refractivity contribution is -0.116. The normalized spacial score (nSPS) is 10.2. The Bertz CT molecular complexity index is 167. The molecule has 0 bridgehead atoms. The van der Waals surface area contributed by atoms with Crippen molar-refractivity contribution in [1.82, 2.24) is 5.32 Å². The number of carbonyl (C=O) groups is 1. The summed E-state index contributed by atoms with van der Waals surface area (Å²) in [7, 11) is 3.24. The van der Waals surface area contributed by atoms with Crippen molar-refractivity contribution in [3.63, 3.8) is 0 Å². The third-order valence-electron chi connectivity index (χ3n) is 1.88. The van der Waals surface area contributed by atoms with Crippen molar-refractivity contribution in [1.29, 1.82) is 0 Å². The number of hydrogen-bond acceptors (Lipinski definition) is 3. The number of methoxy groups -OCH3 is 2. The van der Waals surface area contributed by atoms with Gasteiger partial charge in [-0.2, -0.15) is 0 Å². The van der Waals surface area contributed by atoms with Crippen LogP contribution in [0.2, 0.25) is 0 Å². The molecule has 0 aromatic rings. The molecule has 1 N–H and O–H groups in total. The summed E-state index contributed by atoms with van der Waals surface area (Å²) in [6.07, 6.45) is 3.86. The fourth-order valence-corrected chi connectivity index (χ4v) is 1.05. The van der Waals surface area contributed by atoms with Crippen LogP contribution < -0.4 is 5.32 Å². The molecule has 0 heterocycles. The predicted molar refractivity (Wildman–Crippen MR) is 54.9 cm³/mol. The van der Waals surface area contributed by atoms with Crippen LogP contribution in [0.1, 0.15) is 19.3 Å². The van der Waals surface area contributed by atoms with Crippen molar-refractivity contribution in [3.05, 3.63) is 12.7 Å². The Morgan fingerprint density at radius 1 is 1.43 bits per heavy atom. The van der Waals surface area contributed by atoms with Crippen LogP contribution in [0.15, 0.2) is 12.7 Å². The van der Waals surface area contributed by atoms with E-state index in [1.165, 1.54) is 6.08 Å². The zero-order valence-electron chi connectivity index (χ0n) is 8.91. The van der Waals surface area contributed by atoms with Gasteiger partial charge in [-0.15, -0.1) is 0 Å². The molecule has 0 rings (SSSR count). The Kier molecular flexibility index (Phi) is 8.17. The predicted octanol–water partition coefficient (Wildman–Crippen LogP) is 1.08. The molecule has 4 heteroatoms. The van der Waals surface area contributed by atoms with Crippen LogP contribution in [-0.2, 0) is 14.3 Å². The van der Waals surface area contributed by atoms with Gasteiger partial charge in [0.25, 0.3) is 0 Å². The molecule has 0 saturated carbocycles. The van der Waals surface area contributed by atoms with Gasteiger partial charge in [0, 0.05) is 20.8 Å². The highest BCUT2D eigenvalue weighted by atomic mass is 16.7. The van der Waals surface area contributed by atoms with Gasteiger partial charge in [-0.05, 0) is 25.3 Å². The summed E-state index contributed by atoms with van der Waals surface area (Å²) in [6.45, 7) is 4.03. The summed E-state index contributed by atoms with van der Waals surface area (Å²) in [4.78, 5) is 10.7. The lowest BCUT2D eigenvalue weighted by Crippen LogP contribution is -2.22. The van der Waals surface area contributed by atoms with E-state index in [2.05, 4.69) is 11.9 Å². The summed E-state index contributed by atoms with van der Waals surface area (Å²) in [6, 6.07) is 0. The van der Waals surface area contributed by atoms with Gasteiger partial charge in [0.1, 0.15) is 0 Å². The highest BCUT2D eigenvalue weighted by Crippen LogP contribution is 2.03. The number of hydrogen-bond donors (Lipinski definition) is 1. The summed E-state index contributed by atoms with van der Waals surface area (Å²) in [5, 5.41) is 2.70. The first-order valence-corrected chi connectivity index (χ1v) is 4.70. The highest BCUT2D eigenvalue weighted by molar-refractivity contribution is 5.86. The molecule has 0 aliphatic rings. The second-order valence-corrected chi connectivity index (χ2v) is 2.89. The zero-order chi connectivity index (χ0) is 10.8. The van der Waals surface area contributed by atoms with Crippen molar-refractivity contribution >= 4 is 5.91 Å². The van der Waals surface area contributed by atoms with Crippen molar-refractivity contribution in [2.45, 2.75) is 25.6 Å². The molecule has 1 amide bonds. The van der Waals surface area contributed by atoms with Crippen LogP contribution in [0.3, 0.4) is 0 Å². The Hall–Kier alpha value is -0.870. The van der Waals surface area contributed by atoms with Crippen LogP contribution >= 0.6 is 0 Å². The average Bonchev–Trinajstić information content (AvgIpc) is 2.23. The first-order valence-electron chi connectivity index (χ1n) is 4.70. The molecule has 0 aliphatic heterocycles. The van der Waals surface area contributed by atoms with Gasteiger partial charge >= 0.3 is 0 Å². The fraction of sp³-hybridized carbons (Fsp3) is 0.700. The van der Waals surface area contributed by atoms with E-state index in [1.54, 1.807) is 14.2 Å². The molecular weight excluding hydrogens is 182 g/mol. The van der Waals surface area contributed by atoms with Gasteiger partial charge in [0.05, 0.1) is 0 Å². The SMILES string of the molecule is C=CC(=O)NCCCCC(OC)OC. The highest BCUT2D eigenvalue weighted by Gasteiger charge is 2.03. The van der Waals surface area contributed by atoms with E-state index < -0.39 is 0 Å². The number of rotatable bonds is 8. The second-order valence-electron chi connectivity index (χ2n) is 2.89. The van der Waals surface area contributed by atoms with E-state index in [4.69, 9.17) is 9.47 Å². The summed E-state index contributed by atoms with van der Waals surface area (Å²) in [5.41, 5.74) is 0. The van der Waals surface area contributed by atoms with Crippen molar-refractivity contribution in [2.75, 3.05) is 20.8 Å². The average molecular weight is 201 g/mol. The topological polar surface area (TPSA) is 47.6 Å². The van der Waals surface area contributed by atoms with Crippen LogP contribution in [0, 0.1) is 0 Å².